The Hall–Kier alpha value is -3.65. The fraction of sp³-hybridized carbons (Fsp3) is 0.0909. The van der Waals surface area contributed by atoms with Gasteiger partial charge in [0.25, 0.3) is 16.8 Å². The average molecular weight is 419 g/mol. The van der Waals surface area contributed by atoms with Gasteiger partial charge < -0.3 is 4.57 Å². The van der Waals surface area contributed by atoms with Crippen molar-refractivity contribution in [2.24, 2.45) is 0 Å². The number of aromatic nitrogens is 1. The van der Waals surface area contributed by atoms with Crippen LogP contribution in [0.5, 0.6) is 0 Å². The van der Waals surface area contributed by atoms with Gasteiger partial charge in [0.15, 0.2) is 0 Å². The lowest BCUT2D eigenvalue weighted by Gasteiger charge is -2.12. The molecule has 30 heavy (non-hydrogen) atoms. The van der Waals surface area contributed by atoms with Gasteiger partial charge in [-0.05, 0) is 54.1 Å². The zero-order valence-corrected chi connectivity index (χ0v) is 16.8. The van der Waals surface area contributed by atoms with Gasteiger partial charge >= 0.3 is 0 Å². The maximum atomic E-state index is 12.8. The minimum absolute atomic E-state index is 0.00621. The highest BCUT2D eigenvalue weighted by atomic mass is 32.2. The highest BCUT2D eigenvalue weighted by Gasteiger charge is 2.35. The molecule has 2 heterocycles. The number of rotatable bonds is 5. The number of hydrogen-bond acceptors (Lipinski definition) is 5. The number of carbonyl (C=O) groups is 2. The van der Waals surface area contributed by atoms with Crippen molar-refractivity contribution in [3.8, 4) is 5.69 Å². The molecule has 150 valence electrons. The van der Waals surface area contributed by atoms with Gasteiger partial charge in [0.05, 0.1) is 16.4 Å². The lowest BCUT2D eigenvalue weighted by Crippen LogP contribution is -2.27. The van der Waals surface area contributed by atoms with Crippen LogP contribution >= 0.6 is 11.8 Å². The van der Waals surface area contributed by atoms with Crippen LogP contribution in [0.2, 0.25) is 0 Å². The number of amides is 2. The highest BCUT2D eigenvalue weighted by Crippen LogP contribution is 2.34. The van der Waals surface area contributed by atoms with E-state index in [2.05, 4.69) is 0 Å². The van der Waals surface area contributed by atoms with Crippen LogP contribution in [-0.2, 0) is 11.3 Å². The van der Waals surface area contributed by atoms with Crippen LogP contribution in [-0.4, -0.2) is 25.5 Å². The molecule has 7 nitrogen and oxygen atoms in total. The molecule has 4 rings (SSSR count). The van der Waals surface area contributed by atoms with Crippen LogP contribution in [0.1, 0.15) is 16.8 Å². The lowest BCUT2D eigenvalue weighted by molar-refractivity contribution is -0.384. The molecule has 1 aliphatic rings. The predicted molar refractivity (Wildman–Crippen MR) is 115 cm³/mol. The Kier molecular flexibility index (Phi) is 5.24. The first-order valence-electron chi connectivity index (χ1n) is 9.15. The molecular formula is C22H17N3O4S. The number of nitrogens with zero attached hydrogens (tertiary/aromatic N) is 3. The average Bonchev–Trinajstić information content (AvgIpc) is 3.23. The maximum absolute atomic E-state index is 12.8. The second-order valence-corrected chi connectivity index (χ2v) is 7.81. The first-order chi connectivity index (χ1) is 14.4. The largest absolute Gasteiger partial charge is 0.321 e. The van der Waals surface area contributed by atoms with E-state index in [1.54, 1.807) is 12.1 Å². The Balaban J connectivity index is 1.56. The smallest absolute Gasteiger partial charge is 0.293 e. The van der Waals surface area contributed by atoms with Crippen LogP contribution < -0.4 is 0 Å². The third kappa shape index (κ3) is 3.90. The summed E-state index contributed by atoms with van der Waals surface area (Å²) in [5, 5.41) is 10.6. The van der Waals surface area contributed by atoms with Crippen molar-refractivity contribution in [2.75, 3.05) is 0 Å². The Morgan fingerprint density at radius 2 is 1.83 bits per heavy atom. The summed E-state index contributed by atoms with van der Waals surface area (Å²) in [7, 11) is 0. The van der Waals surface area contributed by atoms with Crippen molar-refractivity contribution in [1.29, 1.82) is 0 Å². The first kappa shape index (κ1) is 19.7. The molecule has 0 unspecified atom stereocenters. The molecule has 0 atom stereocenters. The van der Waals surface area contributed by atoms with Gasteiger partial charge in [-0.2, -0.15) is 0 Å². The molecule has 1 saturated heterocycles. The van der Waals surface area contributed by atoms with Crippen LogP contribution in [0.3, 0.4) is 0 Å². The van der Waals surface area contributed by atoms with Gasteiger partial charge in [-0.3, -0.25) is 24.6 Å². The van der Waals surface area contributed by atoms with Crippen molar-refractivity contribution in [3.05, 3.63) is 98.7 Å². The second kappa shape index (κ2) is 8.00. The van der Waals surface area contributed by atoms with Crippen LogP contribution in [0, 0.1) is 17.0 Å². The number of imide groups is 1. The second-order valence-electron chi connectivity index (χ2n) is 6.82. The molecule has 1 fully saturated rings. The quantitative estimate of drug-likeness (QED) is 0.332. The zero-order valence-electron chi connectivity index (χ0n) is 16.0. The topological polar surface area (TPSA) is 85.5 Å². The summed E-state index contributed by atoms with van der Waals surface area (Å²) < 4.78 is 2.01. The summed E-state index contributed by atoms with van der Waals surface area (Å²) in [5.41, 5.74) is 3.28. The Morgan fingerprint density at radius 1 is 1.07 bits per heavy atom. The molecule has 0 N–H and O–H groups in total. The van der Waals surface area contributed by atoms with E-state index in [9.17, 15) is 19.7 Å². The summed E-state index contributed by atoms with van der Waals surface area (Å²) >= 11 is 0.873. The molecule has 3 aromatic rings. The third-order valence-electron chi connectivity index (χ3n) is 4.70. The molecule has 1 aromatic heterocycles. The number of aryl methyl sites for hydroxylation is 1. The van der Waals surface area contributed by atoms with E-state index >= 15 is 0 Å². The number of nitro benzene ring substituents is 1. The van der Waals surface area contributed by atoms with Crippen LogP contribution in [0.15, 0.2) is 71.8 Å². The summed E-state index contributed by atoms with van der Waals surface area (Å²) in [4.78, 5) is 37.1. The Bertz CT molecular complexity index is 1180. The molecule has 0 spiro atoms. The standard InChI is InChI=1S/C22H17N3O4S/c1-15-10-17(14-23(15)18-7-3-2-4-8-18)12-20-21(26)24(22(27)30-20)13-16-6-5-9-19(11-16)25(28)29/h2-12,14H,13H2,1H3/b20-12+. The predicted octanol–water partition coefficient (Wildman–Crippen LogP) is 4.93. The molecule has 0 saturated carbocycles. The summed E-state index contributed by atoms with van der Waals surface area (Å²) in [5.74, 6) is -0.401. The van der Waals surface area contributed by atoms with Crippen molar-refractivity contribution < 1.29 is 14.5 Å². The molecular weight excluding hydrogens is 402 g/mol. The minimum atomic E-state index is -0.503. The van der Waals surface area contributed by atoms with E-state index in [4.69, 9.17) is 0 Å². The third-order valence-corrected chi connectivity index (χ3v) is 5.61. The molecule has 0 radical (unpaired) electrons. The number of thioether (sulfide) groups is 1. The molecule has 0 aliphatic carbocycles. The summed E-state index contributed by atoms with van der Waals surface area (Å²) in [6.07, 6.45) is 3.62. The fourth-order valence-electron chi connectivity index (χ4n) is 3.28. The normalized spacial score (nSPS) is 15.2. The van der Waals surface area contributed by atoms with E-state index in [0.717, 1.165) is 33.6 Å². The van der Waals surface area contributed by atoms with Gasteiger partial charge in [0.2, 0.25) is 0 Å². The monoisotopic (exact) mass is 419 g/mol. The van der Waals surface area contributed by atoms with Crippen molar-refractivity contribution in [3.63, 3.8) is 0 Å². The summed E-state index contributed by atoms with van der Waals surface area (Å²) in [6, 6.07) is 17.7. The van der Waals surface area contributed by atoms with E-state index in [0.29, 0.717) is 10.5 Å². The fourth-order valence-corrected chi connectivity index (χ4v) is 4.12. The van der Waals surface area contributed by atoms with Gasteiger partial charge in [-0.15, -0.1) is 0 Å². The number of nitro groups is 1. The Morgan fingerprint density at radius 3 is 2.57 bits per heavy atom. The lowest BCUT2D eigenvalue weighted by atomic mass is 10.2. The minimum Gasteiger partial charge on any atom is -0.321 e. The molecule has 0 bridgehead atoms. The van der Waals surface area contributed by atoms with E-state index in [-0.39, 0.29) is 12.2 Å². The van der Waals surface area contributed by atoms with Gasteiger partial charge in [-0.1, -0.05) is 30.3 Å². The van der Waals surface area contributed by atoms with Crippen LogP contribution in [0.25, 0.3) is 11.8 Å². The van der Waals surface area contributed by atoms with E-state index in [1.807, 2.05) is 54.1 Å². The van der Waals surface area contributed by atoms with Crippen molar-refractivity contribution in [2.45, 2.75) is 13.5 Å². The number of benzene rings is 2. The zero-order chi connectivity index (χ0) is 21.3. The van der Waals surface area contributed by atoms with Crippen molar-refractivity contribution in [1.82, 2.24) is 9.47 Å². The van der Waals surface area contributed by atoms with Gasteiger partial charge in [0, 0.05) is 29.7 Å². The van der Waals surface area contributed by atoms with E-state index < -0.39 is 16.1 Å². The van der Waals surface area contributed by atoms with Gasteiger partial charge in [-0.25, -0.2) is 0 Å². The number of non-ortho nitro benzene ring substituents is 1. The highest BCUT2D eigenvalue weighted by molar-refractivity contribution is 8.18. The van der Waals surface area contributed by atoms with Crippen LogP contribution in [0.4, 0.5) is 10.5 Å². The van der Waals surface area contributed by atoms with Gasteiger partial charge in [0.1, 0.15) is 0 Å². The SMILES string of the molecule is Cc1cc(/C=C2/SC(=O)N(Cc3cccc([N+](=O)[O-])c3)C2=O)cn1-c1ccccc1. The Labute approximate surface area is 176 Å². The molecule has 2 amide bonds. The number of para-hydroxylation sites is 1. The molecule has 1 aliphatic heterocycles. The van der Waals surface area contributed by atoms with E-state index in [1.165, 1.54) is 18.2 Å². The molecule has 8 heteroatoms. The number of carbonyl (C=O) groups excluding carboxylic acids is 2. The number of hydrogen-bond donors (Lipinski definition) is 0. The van der Waals surface area contributed by atoms with Crippen molar-refractivity contribution >= 4 is 34.7 Å². The maximum Gasteiger partial charge on any atom is 0.293 e. The first-order valence-corrected chi connectivity index (χ1v) is 9.97. The molecule has 2 aromatic carbocycles. The summed E-state index contributed by atoms with van der Waals surface area (Å²) in [6.45, 7) is 1.96.